The number of carboxylic acid groups (broad SMARTS) is 1. The van der Waals surface area contributed by atoms with E-state index in [-0.39, 0.29) is 10.9 Å². The predicted molar refractivity (Wildman–Crippen MR) is 123 cm³/mol. The molecule has 1 fully saturated rings. The van der Waals surface area contributed by atoms with E-state index in [4.69, 9.17) is 0 Å². The lowest BCUT2D eigenvalue weighted by atomic mass is 10.1. The van der Waals surface area contributed by atoms with Gasteiger partial charge in [-0.1, -0.05) is 12.5 Å². The van der Waals surface area contributed by atoms with Crippen molar-refractivity contribution in [3.8, 4) is 5.69 Å². The van der Waals surface area contributed by atoms with Gasteiger partial charge in [-0.05, 0) is 68.5 Å². The largest absolute Gasteiger partial charge is 0.477 e. The predicted octanol–water partition coefficient (Wildman–Crippen LogP) is 2.87. The molecule has 0 atom stereocenters. The van der Waals surface area contributed by atoms with Crippen LogP contribution in [0.4, 0.5) is 5.95 Å². The number of piperidine rings is 1. The third-order valence-corrected chi connectivity index (χ3v) is 6.49. The molecule has 0 saturated carbocycles. The first-order valence-electron chi connectivity index (χ1n) is 11.3. The Kier molecular flexibility index (Phi) is 5.61. The molecule has 166 valence electrons. The summed E-state index contributed by atoms with van der Waals surface area (Å²) in [5.74, 6) is -0.817. The van der Waals surface area contributed by atoms with Crippen molar-refractivity contribution in [1.82, 2.24) is 19.4 Å². The second-order valence-electron chi connectivity index (χ2n) is 8.61. The lowest BCUT2D eigenvalue weighted by Crippen LogP contribution is -2.33. The first-order chi connectivity index (χ1) is 15.6. The normalized spacial score (nSPS) is 16.2. The van der Waals surface area contributed by atoms with Gasteiger partial charge in [0.2, 0.25) is 11.4 Å². The van der Waals surface area contributed by atoms with Crippen molar-refractivity contribution in [2.45, 2.75) is 38.5 Å². The van der Waals surface area contributed by atoms with Gasteiger partial charge in [-0.15, -0.1) is 0 Å². The Morgan fingerprint density at radius 3 is 2.72 bits per heavy atom. The molecule has 1 saturated heterocycles. The Hall–Kier alpha value is -3.26. The maximum atomic E-state index is 12.8. The van der Waals surface area contributed by atoms with Crippen molar-refractivity contribution in [2.24, 2.45) is 0 Å². The van der Waals surface area contributed by atoms with Gasteiger partial charge in [0.15, 0.2) is 5.65 Å². The fourth-order valence-corrected chi connectivity index (χ4v) is 4.76. The lowest BCUT2D eigenvalue weighted by Gasteiger charge is -2.26. The first kappa shape index (κ1) is 20.6. The molecule has 5 rings (SSSR count). The number of hydrogen-bond acceptors (Lipinski definition) is 6. The zero-order chi connectivity index (χ0) is 22.1. The maximum Gasteiger partial charge on any atom is 0.341 e. The molecule has 0 radical (unpaired) electrons. The molecule has 0 spiro atoms. The highest BCUT2D eigenvalue weighted by molar-refractivity contribution is 5.92. The standard InChI is InChI=1S/C24H27N5O3/c30-21-19-14-26-24(25-9-12-28-10-2-1-3-11-28)27-22(19)29(15-20(21)23(31)32)18-8-7-16-5-4-6-17(16)13-18/h7-8,13-15H,1-6,9-12H2,(H,31,32)(H,25,26,27). The second kappa shape index (κ2) is 8.70. The van der Waals surface area contributed by atoms with E-state index in [2.05, 4.69) is 32.3 Å². The van der Waals surface area contributed by atoms with E-state index in [1.807, 2.05) is 6.07 Å². The van der Waals surface area contributed by atoms with Gasteiger partial charge < -0.3 is 19.9 Å². The summed E-state index contributed by atoms with van der Waals surface area (Å²) in [4.78, 5) is 35.8. The summed E-state index contributed by atoms with van der Waals surface area (Å²) in [6.07, 6.45) is 9.79. The number of anilines is 1. The molecular weight excluding hydrogens is 406 g/mol. The summed E-state index contributed by atoms with van der Waals surface area (Å²) < 4.78 is 1.70. The monoisotopic (exact) mass is 433 g/mol. The third-order valence-electron chi connectivity index (χ3n) is 6.49. The van der Waals surface area contributed by atoms with Crippen LogP contribution in [-0.2, 0) is 12.8 Å². The molecule has 8 nitrogen and oxygen atoms in total. The van der Waals surface area contributed by atoms with Crippen LogP contribution in [0.5, 0.6) is 0 Å². The van der Waals surface area contributed by atoms with E-state index in [1.54, 1.807) is 4.57 Å². The summed E-state index contributed by atoms with van der Waals surface area (Å²) in [6.45, 7) is 3.87. The molecule has 0 unspecified atom stereocenters. The number of rotatable bonds is 6. The summed E-state index contributed by atoms with van der Waals surface area (Å²) in [5.41, 5.74) is 2.95. The molecule has 0 bridgehead atoms. The maximum absolute atomic E-state index is 12.8. The van der Waals surface area contributed by atoms with Crippen LogP contribution in [0.3, 0.4) is 0 Å². The number of carboxylic acids is 1. The topological polar surface area (TPSA) is 100 Å². The van der Waals surface area contributed by atoms with Crippen LogP contribution in [0, 0.1) is 0 Å². The molecule has 0 amide bonds. The van der Waals surface area contributed by atoms with Crippen LogP contribution in [0.2, 0.25) is 0 Å². The van der Waals surface area contributed by atoms with E-state index < -0.39 is 11.4 Å². The number of aromatic nitrogens is 3. The van der Waals surface area contributed by atoms with Crippen molar-refractivity contribution in [1.29, 1.82) is 0 Å². The van der Waals surface area contributed by atoms with Gasteiger partial charge >= 0.3 is 5.97 Å². The van der Waals surface area contributed by atoms with Crippen LogP contribution >= 0.6 is 0 Å². The Morgan fingerprint density at radius 2 is 1.91 bits per heavy atom. The minimum absolute atomic E-state index is 0.201. The van der Waals surface area contributed by atoms with Gasteiger partial charge in [0.25, 0.3) is 0 Å². The average molecular weight is 434 g/mol. The molecule has 1 aliphatic carbocycles. The summed E-state index contributed by atoms with van der Waals surface area (Å²) >= 11 is 0. The number of carbonyl (C=O) groups is 1. The highest BCUT2D eigenvalue weighted by atomic mass is 16.4. The Morgan fingerprint density at radius 1 is 1.09 bits per heavy atom. The van der Waals surface area contributed by atoms with E-state index in [0.717, 1.165) is 44.6 Å². The molecule has 32 heavy (non-hydrogen) atoms. The van der Waals surface area contributed by atoms with Crippen LogP contribution in [0.25, 0.3) is 16.7 Å². The van der Waals surface area contributed by atoms with Crippen LogP contribution in [0.15, 0.2) is 35.4 Å². The minimum atomic E-state index is -1.25. The zero-order valence-corrected chi connectivity index (χ0v) is 18.0. The van der Waals surface area contributed by atoms with Crippen LogP contribution < -0.4 is 10.7 Å². The molecule has 8 heteroatoms. The van der Waals surface area contributed by atoms with Crippen LogP contribution in [-0.4, -0.2) is 56.7 Å². The molecule has 2 aromatic heterocycles. The van der Waals surface area contributed by atoms with Gasteiger partial charge in [-0.25, -0.2) is 9.78 Å². The third kappa shape index (κ3) is 3.98. The molecule has 1 aliphatic heterocycles. The summed E-state index contributed by atoms with van der Waals surface area (Å²) in [7, 11) is 0. The van der Waals surface area contributed by atoms with E-state index in [0.29, 0.717) is 18.1 Å². The van der Waals surface area contributed by atoms with Gasteiger partial charge in [-0.2, -0.15) is 4.98 Å². The van der Waals surface area contributed by atoms with E-state index in [9.17, 15) is 14.7 Å². The summed E-state index contributed by atoms with van der Waals surface area (Å²) in [5, 5.41) is 13.0. The van der Waals surface area contributed by atoms with Crippen molar-refractivity contribution in [3.05, 3.63) is 57.5 Å². The van der Waals surface area contributed by atoms with Gasteiger partial charge in [0.1, 0.15) is 5.56 Å². The van der Waals surface area contributed by atoms with Crippen molar-refractivity contribution < 1.29 is 9.90 Å². The number of aromatic carboxylic acids is 1. The van der Waals surface area contributed by atoms with Gasteiger partial charge in [0.05, 0.1) is 5.39 Å². The molecule has 3 aromatic rings. The zero-order valence-electron chi connectivity index (χ0n) is 18.0. The number of likely N-dealkylation sites (tertiary alicyclic amines) is 1. The fraction of sp³-hybridized carbons (Fsp3) is 0.417. The number of aryl methyl sites for hydroxylation is 2. The second-order valence-corrected chi connectivity index (χ2v) is 8.61. The SMILES string of the molecule is O=C(O)c1cn(-c2ccc3c(c2)CCC3)c2nc(NCCN3CCCCC3)ncc2c1=O. The highest BCUT2D eigenvalue weighted by Gasteiger charge is 2.19. The van der Waals surface area contributed by atoms with Gasteiger partial charge in [-0.3, -0.25) is 4.79 Å². The number of hydrogen-bond donors (Lipinski definition) is 2. The number of pyridine rings is 1. The summed E-state index contributed by atoms with van der Waals surface area (Å²) in [6, 6.07) is 6.12. The highest BCUT2D eigenvalue weighted by Crippen LogP contribution is 2.26. The first-order valence-corrected chi connectivity index (χ1v) is 11.3. The Balaban J connectivity index is 1.51. The lowest BCUT2D eigenvalue weighted by molar-refractivity contribution is 0.0695. The van der Waals surface area contributed by atoms with Crippen molar-refractivity contribution in [3.63, 3.8) is 0 Å². The quantitative estimate of drug-likeness (QED) is 0.616. The smallest absolute Gasteiger partial charge is 0.341 e. The number of nitrogens with one attached hydrogen (secondary N) is 1. The van der Waals surface area contributed by atoms with E-state index >= 15 is 0 Å². The number of nitrogens with zero attached hydrogens (tertiary/aromatic N) is 4. The Bertz CT molecular complexity index is 1230. The van der Waals surface area contributed by atoms with Crippen LogP contribution in [0.1, 0.15) is 47.2 Å². The molecule has 1 aromatic carbocycles. The van der Waals surface area contributed by atoms with Gasteiger partial charge in [0, 0.05) is 31.2 Å². The Labute approximate surface area is 185 Å². The van der Waals surface area contributed by atoms with E-state index in [1.165, 1.54) is 42.8 Å². The number of fused-ring (bicyclic) bond motifs is 2. The van der Waals surface area contributed by atoms with Crippen molar-refractivity contribution in [2.75, 3.05) is 31.5 Å². The molecular formula is C24H27N5O3. The molecule has 2 aliphatic rings. The van der Waals surface area contributed by atoms with Crippen molar-refractivity contribution >= 4 is 23.0 Å². The molecule has 2 N–H and O–H groups in total. The fourth-order valence-electron chi connectivity index (χ4n) is 4.76. The molecule has 3 heterocycles. The average Bonchev–Trinajstić information content (AvgIpc) is 3.28. The minimum Gasteiger partial charge on any atom is -0.477 e. The number of benzene rings is 1.